The number of esters is 1. The molecular weight excluding hydrogens is 308 g/mol. The fourth-order valence-corrected chi connectivity index (χ4v) is 2.51. The molecule has 0 radical (unpaired) electrons. The van der Waals surface area contributed by atoms with E-state index in [1.54, 1.807) is 13.0 Å². The third kappa shape index (κ3) is 4.14. The van der Waals surface area contributed by atoms with E-state index in [1.807, 2.05) is 18.2 Å². The molecule has 0 aliphatic rings. The molecule has 1 N–H and O–H groups in total. The van der Waals surface area contributed by atoms with Crippen LogP contribution in [0.25, 0.3) is 11.0 Å². The lowest BCUT2D eigenvalue weighted by Crippen LogP contribution is -2.27. The standard InChI is InChI=1S/C18H24N2O4/c1-4-20(5-2)12-11-15(21)19-16-13-9-7-8-10-14(13)24-17(16)18(22)23-6-3/h7-10H,4-6,11-12H2,1-3H3,(H,19,21). The normalized spacial score (nSPS) is 11.0. The highest BCUT2D eigenvalue weighted by molar-refractivity contribution is 6.09. The van der Waals surface area contributed by atoms with E-state index < -0.39 is 5.97 Å². The van der Waals surface area contributed by atoms with Crippen LogP contribution in [0.1, 0.15) is 37.7 Å². The molecule has 0 atom stereocenters. The van der Waals surface area contributed by atoms with Crippen molar-refractivity contribution in [3.63, 3.8) is 0 Å². The zero-order chi connectivity index (χ0) is 17.5. The average molecular weight is 332 g/mol. The zero-order valence-corrected chi connectivity index (χ0v) is 14.4. The van der Waals surface area contributed by atoms with Gasteiger partial charge in [-0.1, -0.05) is 26.0 Å². The molecular formula is C18H24N2O4. The van der Waals surface area contributed by atoms with Gasteiger partial charge in [0.05, 0.1) is 6.61 Å². The zero-order valence-electron chi connectivity index (χ0n) is 14.4. The highest BCUT2D eigenvalue weighted by atomic mass is 16.5. The number of anilines is 1. The Hall–Kier alpha value is -2.34. The minimum absolute atomic E-state index is 0.0363. The Morgan fingerprint density at radius 2 is 1.88 bits per heavy atom. The maximum absolute atomic E-state index is 12.3. The van der Waals surface area contributed by atoms with E-state index in [4.69, 9.17) is 9.15 Å². The Balaban J connectivity index is 2.21. The molecule has 6 heteroatoms. The lowest BCUT2D eigenvalue weighted by Gasteiger charge is -2.17. The number of carbonyl (C=O) groups is 2. The fraction of sp³-hybridized carbons (Fsp3) is 0.444. The van der Waals surface area contributed by atoms with Gasteiger partial charge in [0.2, 0.25) is 11.7 Å². The summed E-state index contributed by atoms with van der Waals surface area (Å²) in [4.78, 5) is 26.6. The second kappa shape index (κ2) is 8.49. The molecule has 0 unspecified atom stereocenters. The number of fused-ring (bicyclic) bond motifs is 1. The molecule has 0 aliphatic heterocycles. The first kappa shape index (κ1) is 18.0. The highest BCUT2D eigenvalue weighted by Crippen LogP contribution is 2.31. The van der Waals surface area contributed by atoms with Crippen molar-refractivity contribution < 1.29 is 18.7 Å². The number of nitrogens with zero attached hydrogens (tertiary/aromatic N) is 1. The van der Waals surface area contributed by atoms with E-state index >= 15 is 0 Å². The highest BCUT2D eigenvalue weighted by Gasteiger charge is 2.23. The van der Waals surface area contributed by atoms with Crippen molar-refractivity contribution in [2.45, 2.75) is 27.2 Å². The second-order valence-corrected chi connectivity index (χ2v) is 5.35. The van der Waals surface area contributed by atoms with E-state index in [2.05, 4.69) is 24.1 Å². The van der Waals surface area contributed by atoms with Crippen LogP contribution in [0.3, 0.4) is 0 Å². The lowest BCUT2D eigenvalue weighted by molar-refractivity contribution is -0.116. The predicted octanol–water partition coefficient (Wildman–Crippen LogP) is 3.28. The predicted molar refractivity (Wildman–Crippen MR) is 93.2 cm³/mol. The molecule has 0 fully saturated rings. The summed E-state index contributed by atoms with van der Waals surface area (Å²) in [7, 11) is 0. The first-order valence-corrected chi connectivity index (χ1v) is 8.31. The van der Waals surface area contributed by atoms with Crippen molar-refractivity contribution in [3.8, 4) is 0 Å². The molecule has 1 aromatic carbocycles. The molecule has 0 bridgehead atoms. The van der Waals surface area contributed by atoms with E-state index in [1.165, 1.54) is 0 Å². The van der Waals surface area contributed by atoms with E-state index in [9.17, 15) is 9.59 Å². The van der Waals surface area contributed by atoms with Crippen LogP contribution in [0.5, 0.6) is 0 Å². The minimum Gasteiger partial charge on any atom is -0.460 e. The van der Waals surface area contributed by atoms with Gasteiger partial charge in [0.1, 0.15) is 11.3 Å². The van der Waals surface area contributed by atoms with Gasteiger partial charge in [-0.2, -0.15) is 0 Å². The number of nitrogens with one attached hydrogen (secondary N) is 1. The van der Waals surface area contributed by atoms with Gasteiger partial charge in [-0.15, -0.1) is 0 Å². The molecule has 1 amide bonds. The quantitative estimate of drug-likeness (QED) is 0.751. The van der Waals surface area contributed by atoms with Gasteiger partial charge in [0.25, 0.3) is 0 Å². The molecule has 130 valence electrons. The summed E-state index contributed by atoms with van der Waals surface area (Å²) in [5.41, 5.74) is 0.924. The summed E-state index contributed by atoms with van der Waals surface area (Å²) in [6.45, 7) is 8.55. The summed E-state index contributed by atoms with van der Waals surface area (Å²) in [6.07, 6.45) is 0.351. The van der Waals surface area contributed by atoms with Crippen LogP contribution >= 0.6 is 0 Å². The third-order valence-electron chi connectivity index (χ3n) is 3.87. The van der Waals surface area contributed by atoms with Crippen LogP contribution in [-0.4, -0.2) is 43.0 Å². The van der Waals surface area contributed by atoms with Gasteiger partial charge < -0.3 is 19.4 Å². The molecule has 2 rings (SSSR count). The van der Waals surface area contributed by atoms with Crippen molar-refractivity contribution >= 4 is 28.5 Å². The maximum atomic E-state index is 12.3. The number of hydrogen-bond donors (Lipinski definition) is 1. The van der Waals surface area contributed by atoms with Gasteiger partial charge >= 0.3 is 5.97 Å². The number of hydrogen-bond acceptors (Lipinski definition) is 5. The molecule has 0 spiro atoms. The van der Waals surface area contributed by atoms with E-state index in [-0.39, 0.29) is 18.3 Å². The van der Waals surface area contributed by atoms with Gasteiger partial charge in [-0.3, -0.25) is 4.79 Å². The van der Waals surface area contributed by atoms with Gasteiger partial charge in [0, 0.05) is 18.4 Å². The average Bonchev–Trinajstić information content (AvgIpc) is 2.95. The number of furan rings is 1. The maximum Gasteiger partial charge on any atom is 0.376 e. The number of rotatable bonds is 8. The number of ether oxygens (including phenoxy) is 1. The number of para-hydroxylation sites is 1. The van der Waals surface area contributed by atoms with Crippen molar-refractivity contribution in [2.75, 3.05) is 31.6 Å². The monoisotopic (exact) mass is 332 g/mol. The molecule has 0 aliphatic carbocycles. The lowest BCUT2D eigenvalue weighted by atomic mass is 10.2. The van der Waals surface area contributed by atoms with Gasteiger partial charge in [-0.05, 0) is 32.1 Å². The smallest absolute Gasteiger partial charge is 0.376 e. The summed E-state index contributed by atoms with van der Waals surface area (Å²) in [6, 6.07) is 7.20. The van der Waals surface area contributed by atoms with Crippen molar-refractivity contribution in [2.24, 2.45) is 0 Å². The van der Waals surface area contributed by atoms with Crippen LogP contribution in [0.15, 0.2) is 28.7 Å². The van der Waals surface area contributed by atoms with Crippen LogP contribution in [-0.2, 0) is 9.53 Å². The third-order valence-corrected chi connectivity index (χ3v) is 3.87. The number of benzene rings is 1. The first-order valence-electron chi connectivity index (χ1n) is 8.31. The summed E-state index contributed by atoms with van der Waals surface area (Å²) >= 11 is 0. The fourth-order valence-electron chi connectivity index (χ4n) is 2.51. The number of carbonyl (C=O) groups excluding carboxylic acids is 2. The molecule has 6 nitrogen and oxygen atoms in total. The first-order chi connectivity index (χ1) is 11.6. The SMILES string of the molecule is CCOC(=O)c1oc2ccccc2c1NC(=O)CCN(CC)CC. The minimum atomic E-state index is -0.576. The van der Waals surface area contributed by atoms with Gasteiger partial charge in [0.15, 0.2) is 0 Å². The summed E-state index contributed by atoms with van der Waals surface area (Å²) < 4.78 is 10.6. The van der Waals surface area contributed by atoms with Gasteiger partial charge in [-0.25, -0.2) is 4.79 Å². The van der Waals surface area contributed by atoms with E-state index in [0.717, 1.165) is 13.1 Å². The largest absolute Gasteiger partial charge is 0.460 e. The van der Waals surface area contributed by atoms with Crippen LogP contribution in [0, 0.1) is 0 Å². The van der Waals surface area contributed by atoms with E-state index in [0.29, 0.717) is 29.6 Å². The number of amides is 1. The topological polar surface area (TPSA) is 71.8 Å². The Morgan fingerprint density at radius 3 is 2.54 bits per heavy atom. The molecule has 0 saturated carbocycles. The molecule has 0 saturated heterocycles. The van der Waals surface area contributed by atoms with Crippen molar-refractivity contribution in [1.29, 1.82) is 0 Å². The summed E-state index contributed by atoms with van der Waals surface area (Å²) in [5, 5.41) is 3.51. The molecule has 2 aromatic rings. The second-order valence-electron chi connectivity index (χ2n) is 5.35. The Kier molecular flexibility index (Phi) is 6.37. The molecule has 1 heterocycles. The Bertz CT molecular complexity index is 704. The van der Waals surface area contributed by atoms with Crippen LogP contribution < -0.4 is 5.32 Å². The van der Waals surface area contributed by atoms with Crippen LogP contribution in [0.2, 0.25) is 0 Å². The van der Waals surface area contributed by atoms with Crippen LogP contribution in [0.4, 0.5) is 5.69 Å². The molecule has 1 aromatic heterocycles. The van der Waals surface area contributed by atoms with Crippen molar-refractivity contribution in [1.82, 2.24) is 4.90 Å². The summed E-state index contributed by atoms with van der Waals surface area (Å²) in [5.74, 6) is -0.694. The Labute approximate surface area is 141 Å². The van der Waals surface area contributed by atoms with Crippen molar-refractivity contribution in [3.05, 3.63) is 30.0 Å². The molecule has 24 heavy (non-hydrogen) atoms. The Morgan fingerprint density at radius 1 is 1.17 bits per heavy atom.